The predicted octanol–water partition coefficient (Wildman–Crippen LogP) is 4.49. The van der Waals surface area contributed by atoms with Gasteiger partial charge in [0.25, 0.3) is 0 Å². The number of aromatic nitrogens is 1. The molecule has 2 N–H and O–H groups in total. The number of furan rings is 1. The number of oxazole rings is 1. The minimum absolute atomic E-state index is 0.379. The zero-order chi connectivity index (χ0) is 16.8. The van der Waals surface area contributed by atoms with Gasteiger partial charge in [-0.25, -0.2) is 4.98 Å². The molecule has 24 heavy (non-hydrogen) atoms. The summed E-state index contributed by atoms with van der Waals surface area (Å²) >= 11 is 0. The summed E-state index contributed by atoms with van der Waals surface area (Å²) in [5.41, 5.74) is 9.00. The van der Waals surface area contributed by atoms with Crippen LogP contribution >= 0.6 is 0 Å². The summed E-state index contributed by atoms with van der Waals surface area (Å²) in [5, 5.41) is 1.88. The molecule has 4 aromatic rings. The summed E-state index contributed by atoms with van der Waals surface area (Å²) < 4.78 is 17.2. The van der Waals surface area contributed by atoms with Crippen molar-refractivity contribution in [3.63, 3.8) is 0 Å². The van der Waals surface area contributed by atoms with Crippen LogP contribution in [0.3, 0.4) is 0 Å². The number of rotatable bonds is 3. The topological polar surface area (TPSA) is 74.4 Å². The first-order valence-corrected chi connectivity index (χ1v) is 7.51. The molecule has 0 amide bonds. The summed E-state index contributed by atoms with van der Waals surface area (Å²) in [6.45, 7) is 5.56. The van der Waals surface area contributed by atoms with E-state index in [-0.39, 0.29) is 0 Å². The van der Waals surface area contributed by atoms with E-state index in [2.05, 4.69) is 11.6 Å². The van der Waals surface area contributed by atoms with Crippen LogP contribution in [0.5, 0.6) is 5.75 Å². The number of methoxy groups -OCH3 is 1. The number of nitrogens with two attached hydrogens (primary N) is 1. The van der Waals surface area contributed by atoms with Gasteiger partial charge in [0, 0.05) is 16.3 Å². The fraction of sp³-hybridized carbons (Fsp3) is 0.105. The van der Waals surface area contributed by atoms with Crippen LogP contribution in [-0.4, -0.2) is 12.1 Å². The van der Waals surface area contributed by atoms with Crippen LogP contribution in [0, 0.1) is 6.92 Å². The van der Waals surface area contributed by atoms with Crippen molar-refractivity contribution in [3.05, 3.63) is 54.4 Å². The van der Waals surface area contributed by atoms with Gasteiger partial charge in [-0.15, -0.1) is 0 Å². The van der Waals surface area contributed by atoms with Gasteiger partial charge in [0.2, 0.25) is 5.89 Å². The second-order valence-electron chi connectivity index (χ2n) is 5.57. The first kappa shape index (κ1) is 14.4. The molecule has 0 atom stereocenters. The number of ether oxygens (including phenoxy) is 1. The quantitative estimate of drug-likeness (QED) is 0.602. The Kier molecular flexibility index (Phi) is 3.09. The maximum absolute atomic E-state index is 5.98. The van der Waals surface area contributed by atoms with Crippen molar-refractivity contribution in [3.8, 4) is 17.2 Å². The van der Waals surface area contributed by atoms with Crippen molar-refractivity contribution < 1.29 is 13.6 Å². The smallest absolute Gasteiger partial charge is 0.227 e. The second kappa shape index (κ2) is 5.16. The highest BCUT2D eigenvalue weighted by Gasteiger charge is 2.20. The summed E-state index contributed by atoms with van der Waals surface area (Å²) in [6, 6.07) is 11.6. The number of fused-ring (bicyclic) bond motifs is 3. The van der Waals surface area contributed by atoms with E-state index in [9.17, 15) is 0 Å². The summed E-state index contributed by atoms with van der Waals surface area (Å²) in [6.07, 6.45) is 0. The van der Waals surface area contributed by atoms with Crippen LogP contribution in [0.2, 0.25) is 0 Å². The molecule has 0 saturated heterocycles. The molecule has 0 fully saturated rings. The maximum atomic E-state index is 5.98. The Morgan fingerprint density at radius 3 is 2.67 bits per heavy atom. The Balaban J connectivity index is 2.09. The van der Waals surface area contributed by atoms with Crippen molar-refractivity contribution in [1.82, 2.24) is 4.98 Å². The van der Waals surface area contributed by atoms with E-state index in [0.29, 0.717) is 34.4 Å². The van der Waals surface area contributed by atoms with E-state index >= 15 is 0 Å². The van der Waals surface area contributed by atoms with E-state index < -0.39 is 0 Å². The van der Waals surface area contributed by atoms with E-state index in [1.54, 1.807) is 7.11 Å². The molecular weight excluding hydrogens is 304 g/mol. The lowest BCUT2D eigenvalue weighted by molar-refractivity contribution is 0.412. The Bertz CT molecular complexity index is 1090. The molecule has 2 heterocycles. The predicted molar refractivity (Wildman–Crippen MR) is 93.7 cm³/mol. The third-order valence-corrected chi connectivity index (χ3v) is 4.04. The number of para-hydroxylation sites is 1. The largest absolute Gasteiger partial charge is 0.493 e. The number of hydrogen-bond acceptors (Lipinski definition) is 5. The monoisotopic (exact) mass is 320 g/mol. The zero-order valence-electron chi connectivity index (χ0n) is 13.4. The van der Waals surface area contributed by atoms with Gasteiger partial charge in [0.05, 0.1) is 12.8 Å². The lowest BCUT2D eigenvalue weighted by Crippen LogP contribution is -1.95. The highest BCUT2D eigenvalue weighted by atomic mass is 16.5. The number of aryl methyl sites for hydroxylation is 1. The minimum Gasteiger partial charge on any atom is -0.493 e. The molecule has 120 valence electrons. The highest BCUT2D eigenvalue weighted by molar-refractivity contribution is 6.13. The third-order valence-electron chi connectivity index (χ3n) is 4.04. The molecule has 0 aliphatic carbocycles. The maximum Gasteiger partial charge on any atom is 0.227 e. The van der Waals surface area contributed by atoms with Gasteiger partial charge in [-0.3, -0.25) is 0 Å². The Labute approximate surface area is 138 Å². The molecule has 0 spiro atoms. The first-order chi connectivity index (χ1) is 11.6. The standard InChI is InChI=1S/C19H16N2O3/c1-10(20)17-11(2)23-19(21-17)13-8-9-15(22-3)18-16(13)12-6-4-5-7-14(12)24-18/h4-9H,1,20H2,2-3H3. The average Bonchev–Trinajstić information content (AvgIpc) is 3.15. The molecule has 0 unspecified atom stereocenters. The van der Waals surface area contributed by atoms with Crippen molar-refractivity contribution in [2.24, 2.45) is 5.73 Å². The van der Waals surface area contributed by atoms with Gasteiger partial charge >= 0.3 is 0 Å². The van der Waals surface area contributed by atoms with Gasteiger partial charge < -0.3 is 19.3 Å². The lowest BCUT2D eigenvalue weighted by Gasteiger charge is -2.03. The van der Waals surface area contributed by atoms with Crippen molar-refractivity contribution in [1.29, 1.82) is 0 Å². The molecular formula is C19H16N2O3. The molecule has 2 aromatic heterocycles. The van der Waals surface area contributed by atoms with Crippen LogP contribution in [0.1, 0.15) is 11.5 Å². The van der Waals surface area contributed by atoms with E-state index in [1.165, 1.54) is 0 Å². The Morgan fingerprint density at radius 2 is 1.96 bits per heavy atom. The Hall–Kier alpha value is -3.21. The average molecular weight is 320 g/mol. The molecule has 4 rings (SSSR count). The van der Waals surface area contributed by atoms with E-state index in [1.807, 2.05) is 43.3 Å². The number of hydrogen-bond donors (Lipinski definition) is 1. The Morgan fingerprint density at radius 1 is 1.17 bits per heavy atom. The van der Waals surface area contributed by atoms with Gasteiger partial charge in [-0.1, -0.05) is 24.8 Å². The third kappa shape index (κ3) is 1.98. The second-order valence-corrected chi connectivity index (χ2v) is 5.57. The van der Waals surface area contributed by atoms with E-state index in [4.69, 9.17) is 19.3 Å². The minimum atomic E-state index is 0.379. The van der Waals surface area contributed by atoms with Crippen LogP contribution in [0.25, 0.3) is 39.1 Å². The van der Waals surface area contributed by atoms with Crippen molar-refractivity contribution >= 4 is 27.6 Å². The van der Waals surface area contributed by atoms with Crippen molar-refractivity contribution in [2.75, 3.05) is 7.11 Å². The summed E-state index contributed by atoms with van der Waals surface area (Å²) in [4.78, 5) is 4.50. The van der Waals surface area contributed by atoms with Gasteiger partial charge in [-0.2, -0.15) is 0 Å². The molecule has 5 nitrogen and oxygen atoms in total. The molecule has 0 aliphatic rings. The van der Waals surface area contributed by atoms with Gasteiger partial charge in [-0.05, 0) is 25.1 Å². The number of benzene rings is 2. The summed E-state index contributed by atoms with van der Waals surface area (Å²) in [7, 11) is 1.62. The van der Waals surface area contributed by atoms with Crippen molar-refractivity contribution in [2.45, 2.75) is 6.92 Å². The summed E-state index contributed by atoms with van der Waals surface area (Å²) in [5.74, 6) is 1.78. The molecule has 0 aliphatic heterocycles. The fourth-order valence-corrected chi connectivity index (χ4v) is 2.95. The number of nitrogens with zero attached hydrogens (tertiary/aromatic N) is 1. The fourth-order valence-electron chi connectivity index (χ4n) is 2.95. The van der Waals surface area contributed by atoms with Crippen LogP contribution in [0.4, 0.5) is 0 Å². The molecule has 2 aromatic carbocycles. The zero-order valence-corrected chi connectivity index (χ0v) is 13.4. The highest BCUT2D eigenvalue weighted by Crippen LogP contribution is 2.41. The van der Waals surface area contributed by atoms with Gasteiger partial charge in [0.15, 0.2) is 11.3 Å². The first-order valence-electron chi connectivity index (χ1n) is 7.51. The molecule has 0 saturated carbocycles. The molecule has 0 bridgehead atoms. The van der Waals surface area contributed by atoms with Crippen LogP contribution < -0.4 is 10.5 Å². The molecule has 0 radical (unpaired) electrons. The molecule has 5 heteroatoms. The van der Waals surface area contributed by atoms with Crippen LogP contribution in [0.15, 0.2) is 51.8 Å². The van der Waals surface area contributed by atoms with Crippen LogP contribution in [-0.2, 0) is 0 Å². The van der Waals surface area contributed by atoms with Gasteiger partial charge in [0.1, 0.15) is 17.0 Å². The van der Waals surface area contributed by atoms with E-state index in [0.717, 1.165) is 21.9 Å². The SMILES string of the molecule is C=C(N)c1nc(-c2ccc(OC)c3oc4ccccc4c23)oc1C. The normalized spacial score (nSPS) is 11.2. The lowest BCUT2D eigenvalue weighted by atomic mass is 10.1.